The van der Waals surface area contributed by atoms with Crippen LogP contribution >= 0.6 is 11.5 Å². The van der Waals surface area contributed by atoms with Gasteiger partial charge in [0.2, 0.25) is 0 Å². The second kappa shape index (κ2) is 5.75. The SMILES string of the molecule is CC(C)c1nnsc1C(O)Cc1ncnn1C(C)C. The largest absolute Gasteiger partial charge is 0.387 e. The quantitative estimate of drug-likeness (QED) is 0.908. The van der Waals surface area contributed by atoms with Crippen molar-refractivity contribution in [3.63, 3.8) is 0 Å². The number of aromatic nitrogens is 5. The first-order valence-corrected chi connectivity index (χ1v) is 7.16. The molecule has 7 heteroatoms. The Balaban J connectivity index is 2.19. The lowest BCUT2D eigenvalue weighted by Gasteiger charge is -2.13. The van der Waals surface area contributed by atoms with Crippen LogP contribution in [0.5, 0.6) is 0 Å². The summed E-state index contributed by atoms with van der Waals surface area (Å²) in [4.78, 5) is 5.04. The van der Waals surface area contributed by atoms with Crippen molar-refractivity contribution in [3.8, 4) is 0 Å². The van der Waals surface area contributed by atoms with Crippen molar-refractivity contribution in [2.45, 2.75) is 52.2 Å². The van der Waals surface area contributed by atoms with E-state index in [4.69, 9.17) is 0 Å². The van der Waals surface area contributed by atoms with Crippen LogP contribution in [0.25, 0.3) is 0 Å². The zero-order chi connectivity index (χ0) is 14.0. The Hall–Kier alpha value is -1.34. The minimum Gasteiger partial charge on any atom is -0.387 e. The van der Waals surface area contributed by atoms with Crippen molar-refractivity contribution in [2.24, 2.45) is 0 Å². The van der Waals surface area contributed by atoms with E-state index in [-0.39, 0.29) is 12.0 Å². The number of hydrogen-bond donors (Lipinski definition) is 1. The molecule has 2 aromatic heterocycles. The van der Waals surface area contributed by atoms with Gasteiger partial charge in [0.25, 0.3) is 0 Å². The summed E-state index contributed by atoms with van der Waals surface area (Å²) >= 11 is 1.25. The van der Waals surface area contributed by atoms with Gasteiger partial charge < -0.3 is 5.11 Å². The molecule has 0 fully saturated rings. The Kier molecular flexibility index (Phi) is 4.26. The summed E-state index contributed by atoms with van der Waals surface area (Å²) in [6.45, 7) is 8.17. The molecule has 2 aromatic rings. The highest BCUT2D eigenvalue weighted by atomic mass is 32.1. The molecule has 0 bridgehead atoms. The topological polar surface area (TPSA) is 76.7 Å². The smallest absolute Gasteiger partial charge is 0.138 e. The van der Waals surface area contributed by atoms with Gasteiger partial charge in [-0.15, -0.1) is 5.10 Å². The first kappa shape index (κ1) is 14.1. The van der Waals surface area contributed by atoms with Crippen LogP contribution in [0.2, 0.25) is 0 Å². The number of aliphatic hydroxyl groups excluding tert-OH is 1. The van der Waals surface area contributed by atoms with Gasteiger partial charge >= 0.3 is 0 Å². The Morgan fingerprint density at radius 2 is 2.05 bits per heavy atom. The van der Waals surface area contributed by atoms with Crippen LogP contribution in [-0.2, 0) is 6.42 Å². The van der Waals surface area contributed by atoms with Crippen molar-refractivity contribution in [2.75, 3.05) is 0 Å². The molecule has 2 heterocycles. The molecule has 0 spiro atoms. The van der Waals surface area contributed by atoms with Crippen LogP contribution in [0.3, 0.4) is 0 Å². The average Bonchev–Trinajstić information content (AvgIpc) is 2.96. The highest BCUT2D eigenvalue weighted by Gasteiger charge is 2.21. The third-order valence-corrected chi connectivity index (χ3v) is 3.74. The maximum absolute atomic E-state index is 10.4. The second-order valence-electron chi connectivity index (χ2n) is 5.11. The van der Waals surface area contributed by atoms with Gasteiger partial charge in [-0.2, -0.15) is 5.10 Å². The zero-order valence-corrected chi connectivity index (χ0v) is 12.4. The Morgan fingerprint density at radius 1 is 1.32 bits per heavy atom. The molecule has 1 N–H and O–H groups in total. The van der Waals surface area contributed by atoms with Gasteiger partial charge in [-0.1, -0.05) is 18.3 Å². The molecule has 0 aliphatic heterocycles. The molecule has 104 valence electrons. The molecule has 0 aliphatic rings. The van der Waals surface area contributed by atoms with Crippen molar-refractivity contribution in [1.82, 2.24) is 24.4 Å². The van der Waals surface area contributed by atoms with E-state index < -0.39 is 6.10 Å². The second-order valence-corrected chi connectivity index (χ2v) is 5.90. The number of aliphatic hydroxyl groups is 1. The maximum atomic E-state index is 10.4. The predicted molar refractivity (Wildman–Crippen MR) is 73.1 cm³/mol. The molecule has 0 radical (unpaired) electrons. The molecule has 0 amide bonds. The van der Waals surface area contributed by atoms with E-state index >= 15 is 0 Å². The predicted octanol–water partition coefficient (Wildman–Crippen LogP) is 2.11. The highest BCUT2D eigenvalue weighted by Crippen LogP contribution is 2.28. The Morgan fingerprint density at radius 3 is 2.68 bits per heavy atom. The normalized spacial score (nSPS) is 13.4. The monoisotopic (exact) mass is 281 g/mol. The van der Waals surface area contributed by atoms with E-state index in [2.05, 4.69) is 19.7 Å². The Bertz CT molecular complexity index is 534. The fourth-order valence-electron chi connectivity index (χ4n) is 1.95. The van der Waals surface area contributed by atoms with Crippen molar-refractivity contribution in [3.05, 3.63) is 22.7 Å². The van der Waals surface area contributed by atoms with Crippen LogP contribution in [0.15, 0.2) is 6.33 Å². The summed E-state index contributed by atoms with van der Waals surface area (Å²) in [7, 11) is 0. The van der Waals surface area contributed by atoms with E-state index in [1.165, 1.54) is 17.9 Å². The fourth-order valence-corrected chi connectivity index (χ4v) is 2.74. The summed E-state index contributed by atoms with van der Waals surface area (Å²) in [6, 6.07) is 0.230. The fraction of sp³-hybridized carbons (Fsp3) is 0.667. The lowest BCUT2D eigenvalue weighted by molar-refractivity contribution is 0.175. The molecule has 6 nitrogen and oxygen atoms in total. The van der Waals surface area contributed by atoms with Crippen LogP contribution in [-0.4, -0.2) is 29.5 Å². The molecule has 2 rings (SSSR count). The van der Waals surface area contributed by atoms with Gasteiger partial charge in [-0.05, 0) is 31.3 Å². The van der Waals surface area contributed by atoms with E-state index in [1.807, 2.05) is 32.4 Å². The van der Waals surface area contributed by atoms with Gasteiger partial charge in [0.1, 0.15) is 12.2 Å². The molecule has 1 unspecified atom stereocenters. The molecule has 0 saturated carbocycles. The standard InChI is InChI=1S/C12H19N5OS/c1-7(2)11-12(19-16-15-11)9(18)5-10-13-6-14-17(10)8(3)4/h6-9,18H,5H2,1-4H3. The average molecular weight is 281 g/mol. The van der Waals surface area contributed by atoms with E-state index in [9.17, 15) is 5.11 Å². The highest BCUT2D eigenvalue weighted by molar-refractivity contribution is 7.05. The lowest BCUT2D eigenvalue weighted by atomic mass is 10.1. The van der Waals surface area contributed by atoms with E-state index in [0.717, 1.165) is 16.4 Å². The third-order valence-electron chi connectivity index (χ3n) is 2.90. The molecule has 0 aliphatic carbocycles. The maximum Gasteiger partial charge on any atom is 0.138 e. The van der Waals surface area contributed by atoms with Crippen molar-refractivity contribution < 1.29 is 5.11 Å². The first-order valence-electron chi connectivity index (χ1n) is 6.39. The van der Waals surface area contributed by atoms with Gasteiger partial charge in [-0.3, -0.25) is 0 Å². The number of hydrogen-bond acceptors (Lipinski definition) is 6. The van der Waals surface area contributed by atoms with Gasteiger partial charge in [0, 0.05) is 12.5 Å². The number of rotatable bonds is 5. The van der Waals surface area contributed by atoms with Gasteiger partial charge in [-0.25, -0.2) is 9.67 Å². The summed E-state index contributed by atoms with van der Waals surface area (Å²) in [5, 5.41) is 18.6. The molecular formula is C12H19N5OS. The number of nitrogens with zero attached hydrogens (tertiary/aromatic N) is 5. The van der Waals surface area contributed by atoms with Crippen LogP contribution < -0.4 is 0 Å². The molecule has 0 saturated heterocycles. The van der Waals surface area contributed by atoms with Crippen LogP contribution in [0, 0.1) is 0 Å². The van der Waals surface area contributed by atoms with E-state index in [1.54, 1.807) is 0 Å². The Labute approximate surface area is 116 Å². The summed E-state index contributed by atoms with van der Waals surface area (Å²) < 4.78 is 5.77. The van der Waals surface area contributed by atoms with Crippen LogP contribution in [0.1, 0.15) is 62.2 Å². The first-order chi connectivity index (χ1) is 9.00. The summed E-state index contributed by atoms with van der Waals surface area (Å²) in [6.07, 6.45) is 1.33. The lowest BCUT2D eigenvalue weighted by Crippen LogP contribution is -2.12. The third kappa shape index (κ3) is 2.98. The summed E-state index contributed by atoms with van der Waals surface area (Å²) in [5.41, 5.74) is 0.869. The minimum atomic E-state index is -0.626. The van der Waals surface area contributed by atoms with Crippen molar-refractivity contribution in [1.29, 1.82) is 0 Å². The van der Waals surface area contributed by atoms with Crippen molar-refractivity contribution >= 4 is 11.5 Å². The molecular weight excluding hydrogens is 262 g/mol. The molecule has 1 atom stereocenters. The zero-order valence-electron chi connectivity index (χ0n) is 11.6. The van der Waals surface area contributed by atoms with Gasteiger partial charge in [0.05, 0.1) is 16.7 Å². The summed E-state index contributed by atoms with van der Waals surface area (Å²) in [5.74, 6) is 1.04. The van der Waals surface area contributed by atoms with Crippen LogP contribution in [0.4, 0.5) is 0 Å². The molecule has 0 aromatic carbocycles. The molecule has 19 heavy (non-hydrogen) atoms. The van der Waals surface area contributed by atoms with Gasteiger partial charge in [0.15, 0.2) is 0 Å². The minimum absolute atomic E-state index is 0.230. The van der Waals surface area contributed by atoms with E-state index in [0.29, 0.717) is 6.42 Å².